The Bertz CT molecular complexity index is 821. The number of esters is 1. The minimum atomic E-state index is -0.427. The molecule has 0 aromatic heterocycles. The van der Waals surface area contributed by atoms with Crippen LogP contribution in [-0.2, 0) is 14.3 Å². The molecule has 4 aliphatic heterocycles. The fourth-order valence-electron chi connectivity index (χ4n) is 6.29. The van der Waals surface area contributed by atoms with E-state index in [0.717, 1.165) is 43.6 Å². The Labute approximate surface area is 147 Å². The van der Waals surface area contributed by atoms with Gasteiger partial charge in [-0.1, -0.05) is 11.6 Å². The highest BCUT2D eigenvalue weighted by Gasteiger charge is 2.74. The smallest absolute Gasteiger partial charge is 0.310 e. The van der Waals surface area contributed by atoms with Gasteiger partial charge in [0, 0.05) is 13.1 Å². The number of carbonyl (C=O) groups excluding carboxylic acids is 2. The Morgan fingerprint density at radius 3 is 3.00 bits per heavy atom. The monoisotopic (exact) mass is 338 g/mol. The lowest BCUT2D eigenvalue weighted by Gasteiger charge is -2.50. The van der Waals surface area contributed by atoms with E-state index < -0.39 is 11.1 Å². The van der Waals surface area contributed by atoms with Crippen molar-refractivity contribution in [1.29, 1.82) is 0 Å². The molecule has 2 unspecified atom stereocenters. The first-order valence-corrected chi connectivity index (χ1v) is 9.10. The van der Waals surface area contributed by atoms with E-state index in [9.17, 15) is 9.59 Å². The molecule has 2 aliphatic carbocycles. The van der Waals surface area contributed by atoms with Crippen LogP contribution in [0, 0.1) is 17.3 Å². The van der Waals surface area contributed by atoms with E-state index in [-0.39, 0.29) is 23.6 Å². The lowest BCUT2D eigenvalue weighted by Crippen LogP contribution is -2.57. The molecule has 25 heavy (non-hydrogen) atoms. The van der Waals surface area contributed by atoms with Crippen LogP contribution in [-0.4, -0.2) is 48.2 Å². The lowest BCUT2D eigenvalue weighted by molar-refractivity contribution is -0.156. The molecule has 1 spiro atoms. The Morgan fingerprint density at radius 1 is 1.40 bits per heavy atom. The highest BCUT2D eigenvalue weighted by Crippen LogP contribution is 2.69. The number of ether oxygens (including phenoxy) is 1. The van der Waals surface area contributed by atoms with Gasteiger partial charge in [-0.15, -0.1) is 0 Å². The van der Waals surface area contributed by atoms with Gasteiger partial charge in [0.2, 0.25) is 0 Å². The summed E-state index contributed by atoms with van der Waals surface area (Å²) in [5.74, 6) is -0.255. The largest absolute Gasteiger partial charge is 0.469 e. The number of nitrogens with zero attached hydrogens (tertiary/aromatic N) is 2. The summed E-state index contributed by atoms with van der Waals surface area (Å²) in [7, 11) is 1.48. The number of methoxy groups -OCH3 is 1. The van der Waals surface area contributed by atoms with E-state index in [2.05, 4.69) is 17.9 Å². The number of aliphatic imine (C=N–C) groups is 1. The highest BCUT2D eigenvalue weighted by atomic mass is 16.5. The molecule has 5 nitrogen and oxygen atoms in total. The molecule has 0 amide bonds. The molecular weight excluding hydrogens is 316 g/mol. The Hall–Kier alpha value is -2.01. The number of ketones is 1. The van der Waals surface area contributed by atoms with Crippen LogP contribution >= 0.6 is 0 Å². The van der Waals surface area contributed by atoms with Crippen LogP contribution in [0.1, 0.15) is 26.2 Å². The molecule has 0 radical (unpaired) electrons. The molecule has 130 valence electrons. The predicted octanol–water partition coefficient (Wildman–Crippen LogP) is 2.05. The van der Waals surface area contributed by atoms with E-state index in [4.69, 9.17) is 9.73 Å². The fraction of sp³-hybridized carbons (Fsp3) is 0.550. The van der Waals surface area contributed by atoms with Crippen LogP contribution in [0.4, 0.5) is 0 Å². The molecule has 4 heterocycles. The molecule has 4 fully saturated rings. The summed E-state index contributed by atoms with van der Waals surface area (Å²) in [6.07, 6.45) is 10.1. The number of hydrogen-bond acceptors (Lipinski definition) is 5. The van der Waals surface area contributed by atoms with Gasteiger partial charge in [-0.2, -0.15) is 0 Å². The lowest BCUT2D eigenvalue weighted by atomic mass is 9.53. The topological polar surface area (TPSA) is 59.0 Å². The second-order valence-electron chi connectivity index (χ2n) is 7.76. The number of hydrogen-bond donors (Lipinski definition) is 0. The summed E-state index contributed by atoms with van der Waals surface area (Å²) in [6, 6.07) is 0. The van der Waals surface area contributed by atoms with Crippen LogP contribution in [0.5, 0.6) is 0 Å². The summed E-state index contributed by atoms with van der Waals surface area (Å²) in [5.41, 5.74) is 2.35. The molecule has 4 bridgehead atoms. The van der Waals surface area contributed by atoms with Gasteiger partial charge in [0.1, 0.15) is 5.66 Å². The zero-order valence-corrected chi connectivity index (χ0v) is 14.6. The number of carbonyl (C=O) groups is 2. The molecule has 3 saturated heterocycles. The van der Waals surface area contributed by atoms with Gasteiger partial charge in [0.15, 0.2) is 5.78 Å². The van der Waals surface area contributed by atoms with Crippen molar-refractivity contribution >= 4 is 17.5 Å². The van der Waals surface area contributed by atoms with Crippen LogP contribution in [0.25, 0.3) is 0 Å². The van der Waals surface area contributed by atoms with Gasteiger partial charge in [0.25, 0.3) is 0 Å². The van der Waals surface area contributed by atoms with Gasteiger partial charge in [-0.05, 0) is 55.9 Å². The molecule has 0 aromatic rings. The zero-order chi connectivity index (χ0) is 17.4. The van der Waals surface area contributed by atoms with E-state index in [1.54, 1.807) is 12.2 Å². The first kappa shape index (κ1) is 15.3. The van der Waals surface area contributed by atoms with Crippen LogP contribution in [0.3, 0.4) is 0 Å². The van der Waals surface area contributed by atoms with E-state index >= 15 is 0 Å². The van der Waals surface area contributed by atoms with Crippen LogP contribution in [0.15, 0.2) is 40.4 Å². The Morgan fingerprint density at radius 2 is 2.24 bits per heavy atom. The SMILES string of the molecule is C/C=C1\CN2CC[C@@]34C5=CC(=O)C=CC5=N[C@]23CC[C@@H]1C4C(=O)OC. The number of allylic oxidation sites excluding steroid dienone is 4. The molecule has 0 N–H and O–H groups in total. The van der Waals surface area contributed by atoms with Gasteiger partial charge in [0.05, 0.1) is 24.2 Å². The number of fused-ring (bicyclic) bond motifs is 3. The summed E-state index contributed by atoms with van der Waals surface area (Å²) in [4.78, 5) is 32.8. The molecular formula is C20H22N2O3. The zero-order valence-electron chi connectivity index (χ0n) is 14.6. The van der Waals surface area contributed by atoms with Crippen molar-refractivity contribution in [2.45, 2.75) is 31.8 Å². The van der Waals surface area contributed by atoms with Crippen molar-refractivity contribution < 1.29 is 14.3 Å². The first-order chi connectivity index (χ1) is 12.1. The number of rotatable bonds is 1. The van der Waals surface area contributed by atoms with Gasteiger partial charge >= 0.3 is 5.97 Å². The van der Waals surface area contributed by atoms with Gasteiger partial charge in [-0.3, -0.25) is 19.5 Å². The van der Waals surface area contributed by atoms with Crippen molar-refractivity contribution in [2.24, 2.45) is 22.2 Å². The molecule has 0 aromatic carbocycles. The minimum Gasteiger partial charge on any atom is -0.469 e. The molecule has 6 rings (SSSR count). The summed E-state index contributed by atoms with van der Waals surface area (Å²) in [5, 5.41) is 0. The van der Waals surface area contributed by atoms with Crippen LogP contribution in [0.2, 0.25) is 0 Å². The second-order valence-corrected chi connectivity index (χ2v) is 7.76. The maximum atomic E-state index is 13.0. The summed E-state index contributed by atoms with van der Waals surface area (Å²) in [6.45, 7) is 3.82. The Kier molecular flexibility index (Phi) is 2.92. The minimum absolute atomic E-state index is 0.00572. The first-order valence-electron chi connectivity index (χ1n) is 9.10. The van der Waals surface area contributed by atoms with Crippen molar-refractivity contribution in [3.63, 3.8) is 0 Å². The third-order valence-corrected chi connectivity index (χ3v) is 7.18. The summed E-state index contributed by atoms with van der Waals surface area (Å²) >= 11 is 0. The third-order valence-electron chi connectivity index (χ3n) is 7.18. The molecule has 6 aliphatic rings. The average molecular weight is 338 g/mol. The third kappa shape index (κ3) is 1.56. The normalized spacial score (nSPS) is 45.0. The van der Waals surface area contributed by atoms with Gasteiger partial charge < -0.3 is 4.74 Å². The van der Waals surface area contributed by atoms with E-state index in [0.29, 0.717) is 0 Å². The highest BCUT2D eigenvalue weighted by molar-refractivity contribution is 6.22. The standard InChI is InChI=1S/C20H22N2O3/c1-3-12-11-22-9-8-19-15-10-13(23)4-5-16(15)21-20(19,22)7-6-14(12)17(19)18(24)25-2/h3-5,10,14,17H,6-9,11H2,1-2H3/b12-3+/t14-,17?,19-,20+/m0/s1. The van der Waals surface area contributed by atoms with E-state index in [1.165, 1.54) is 12.7 Å². The quantitative estimate of drug-likeness (QED) is 0.417. The maximum absolute atomic E-state index is 13.0. The van der Waals surface area contributed by atoms with E-state index in [1.807, 2.05) is 6.08 Å². The molecule has 1 saturated carbocycles. The average Bonchev–Trinajstić information content (AvgIpc) is 2.99. The van der Waals surface area contributed by atoms with Crippen molar-refractivity contribution in [3.8, 4) is 0 Å². The predicted molar refractivity (Wildman–Crippen MR) is 93.0 cm³/mol. The summed E-state index contributed by atoms with van der Waals surface area (Å²) < 4.78 is 5.28. The fourth-order valence-corrected chi connectivity index (χ4v) is 6.29. The van der Waals surface area contributed by atoms with Crippen molar-refractivity contribution in [2.75, 3.05) is 20.2 Å². The van der Waals surface area contributed by atoms with Crippen LogP contribution < -0.4 is 0 Å². The van der Waals surface area contributed by atoms with Gasteiger partial charge in [-0.25, -0.2) is 0 Å². The maximum Gasteiger partial charge on any atom is 0.310 e. The second kappa shape index (κ2) is 4.79. The van der Waals surface area contributed by atoms with Crippen molar-refractivity contribution in [3.05, 3.63) is 35.5 Å². The van der Waals surface area contributed by atoms with Crippen molar-refractivity contribution in [1.82, 2.24) is 4.90 Å². The Balaban J connectivity index is 1.82. The molecule has 5 heteroatoms. The molecule has 5 atom stereocenters.